The van der Waals surface area contributed by atoms with Crippen LogP contribution in [0.25, 0.3) is 100 Å². The highest BCUT2D eigenvalue weighted by Gasteiger charge is 2.18. The molecule has 262 valence electrons. The first-order valence-corrected chi connectivity index (χ1v) is 18.9. The fourth-order valence-corrected chi connectivity index (χ4v) is 7.75. The molecular weight excluding hydrogens is 679 g/mol. The quantitative estimate of drug-likeness (QED) is 0.154. The maximum atomic E-state index is 5.50. The molecule has 3 nitrogen and oxygen atoms in total. The van der Waals surface area contributed by atoms with Gasteiger partial charge in [-0.1, -0.05) is 200 Å². The number of aromatic nitrogens is 3. The second-order valence-electron chi connectivity index (χ2n) is 14.0. The Bertz CT molecular complexity index is 2980. The van der Waals surface area contributed by atoms with Gasteiger partial charge in [0.2, 0.25) is 0 Å². The van der Waals surface area contributed by atoms with Crippen molar-refractivity contribution in [3.8, 4) is 78.5 Å². The van der Waals surface area contributed by atoms with E-state index in [1.54, 1.807) is 0 Å². The van der Waals surface area contributed by atoms with Crippen LogP contribution in [0.5, 0.6) is 0 Å². The molecule has 56 heavy (non-hydrogen) atoms. The summed E-state index contributed by atoms with van der Waals surface area (Å²) in [6.07, 6.45) is 0. The van der Waals surface area contributed by atoms with Crippen molar-refractivity contribution in [1.82, 2.24) is 15.0 Å². The number of hydrogen-bond donors (Lipinski definition) is 0. The molecule has 0 aliphatic carbocycles. The van der Waals surface area contributed by atoms with Crippen LogP contribution in [0.1, 0.15) is 0 Å². The maximum Gasteiger partial charge on any atom is 0.160 e. The average molecular weight is 714 g/mol. The Morgan fingerprint density at radius 1 is 0.268 bits per heavy atom. The van der Waals surface area contributed by atoms with Crippen molar-refractivity contribution >= 4 is 21.7 Å². The van der Waals surface area contributed by atoms with E-state index in [9.17, 15) is 0 Å². The summed E-state index contributed by atoms with van der Waals surface area (Å²) >= 11 is 0. The number of fused-ring (bicyclic) bond motifs is 3. The number of hydrogen-bond acceptors (Lipinski definition) is 3. The van der Waals surface area contributed by atoms with Gasteiger partial charge in [0.05, 0.1) is 22.6 Å². The molecule has 0 aliphatic rings. The summed E-state index contributed by atoms with van der Waals surface area (Å²) in [4.78, 5) is 15.8. The standard InChI is InChI=1S/C53H35N3/c1-5-16-36(17-6-1)37-30-32-41(33-31-37)53-54-48(39-20-9-3-10-21-39)35-49(55-53)43-25-13-24-42(34-43)45-27-15-29-47-50-44(38-18-7-2-8-19-38)26-14-28-46(50)51(56-52(45)47)40-22-11-4-12-23-40/h1-35H. The second-order valence-corrected chi connectivity index (χ2v) is 14.0. The van der Waals surface area contributed by atoms with E-state index in [4.69, 9.17) is 15.0 Å². The number of para-hydroxylation sites is 1. The van der Waals surface area contributed by atoms with Crippen molar-refractivity contribution in [3.05, 3.63) is 212 Å². The first-order valence-electron chi connectivity index (χ1n) is 18.9. The molecule has 2 heterocycles. The largest absolute Gasteiger partial charge is 0.246 e. The Hall–Kier alpha value is -7.49. The van der Waals surface area contributed by atoms with Crippen molar-refractivity contribution in [2.24, 2.45) is 0 Å². The van der Waals surface area contributed by atoms with E-state index < -0.39 is 0 Å². The minimum absolute atomic E-state index is 0.686. The lowest BCUT2D eigenvalue weighted by molar-refractivity contribution is 1.18. The molecule has 0 saturated heterocycles. The average Bonchev–Trinajstić information content (AvgIpc) is 3.29. The molecule has 0 spiro atoms. The summed E-state index contributed by atoms with van der Waals surface area (Å²) in [7, 11) is 0. The molecule has 0 saturated carbocycles. The van der Waals surface area contributed by atoms with Gasteiger partial charge < -0.3 is 0 Å². The second kappa shape index (κ2) is 14.4. The lowest BCUT2D eigenvalue weighted by Gasteiger charge is -2.16. The van der Waals surface area contributed by atoms with Crippen molar-refractivity contribution in [3.63, 3.8) is 0 Å². The van der Waals surface area contributed by atoms with Gasteiger partial charge in [0.25, 0.3) is 0 Å². The highest BCUT2D eigenvalue weighted by atomic mass is 14.9. The third-order valence-corrected chi connectivity index (χ3v) is 10.5. The molecule has 2 aromatic heterocycles. The number of benzene rings is 8. The van der Waals surface area contributed by atoms with E-state index in [0.29, 0.717) is 5.82 Å². The Balaban J connectivity index is 1.15. The minimum atomic E-state index is 0.686. The van der Waals surface area contributed by atoms with Crippen LogP contribution in [0.4, 0.5) is 0 Å². The first-order chi connectivity index (χ1) is 27.8. The summed E-state index contributed by atoms with van der Waals surface area (Å²) < 4.78 is 0. The predicted molar refractivity (Wildman–Crippen MR) is 233 cm³/mol. The van der Waals surface area contributed by atoms with Gasteiger partial charge in [0, 0.05) is 44.0 Å². The lowest BCUT2D eigenvalue weighted by Crippen LogP contribution is -1.96. The van der Waals surface area contributed by atoms with E-state index in [2.05, 4.69) is 200 Å². The summed E-state index contributed by atoms with van der Waals surface area (Å²) in [5.74, 6) is 0.686. The van der Waals surface area contributed by atoms with Gasteiger partial charge in [0.15, 0.2) is 5.82 Å². The van der Waals surface area contributed by atoms with Gasteiger partial charge in [-0.25, -0.2) is 15.0 Å². The fourth-order valence-electron chi connectivity index (χ4n) is 7.75. The smallest absolute Gasteiger partial charge is 0.160 e. The molecule has 10 aromatic rings. The van der Waals surface area contributed by atoms with Crippen molar-refractivity contribution in [2.75, 3.05) is 0 Å². The van der Waals surface area contributed by atoms with E-state index in [-0.39, 0.29) is 0 Å². The van der Waals surface area contributed by atoms with E-state index in [0.717, 1.165) is 72.3 Å². The molecule has 0 atom stereocenters. The summed E-state index contributed by atoms with van der Waals surface area (Å²) in [6, 6.07) is 74.4. The van der Waals surface area contributed by atoms with Gasteiger partial charge in [-0.3, -0.25) is 0 Å². The van der Waals surface area contributed by atoms with E-state index in [1.807, 2.05) is 12.1 Å². The van der Waals surface area contributed by atoms with Gasteiger partial charge in [0.1, 0.15) is 0 Å². The summed E-state index contributed by atoms with van der Waals surface area (Å²) in [6.45, 7) is 0. The molecule has 8 aromatic carbocycles. The zero-order chi connectivity index (χ0) is 37.3. The molecular formula is C53H35N3. The van der Waals surface area contributed by atoms with Crippen LogP contribution in [0.3, 0.4) is 0 Å². The van der Waals surface area contributed by atoms with E-state index in [1.165, 1.54) is 22.1 Å². The lowest BCUT2D eigenvalue weighted by atomic mass is 9.91. The topological polar surface area (TPSA) is 38.7 Å². The molecule has 0 fully saturated rings. The normalized spacial score (nSPS) is 11.2. The summed E-state index contributed by atoms with van der Waals surface area (Å²) in [5.41, 5.74) is 14.6. The Morgan fingerprint density at radius 2 is 0.750 bits per heavy atom. The van der Waals surface area contributed by atoms with Crippen LogP contribution in [-0.4, -0.2) is 15.0 Å². The number of pyridine rings is 1. The molecule has 0 N–H and O–H groups in total. The predicted octanol–water partition coefficient (Wildman–Crippen LogP) is 13.8. The van der Waals surface area contributed by atoms with Crippen LogP contribution in [-0.2, 0) is 0 Å². The van der Waals surface area contributed by atoms with Gasteiger partial charge in [-0.05, 0) is 39.9 Å². The molecule has 10 rings (SSSR count). The molecule has 0 radical (unpaired) electrons. The maximum absolute atomic E-state index is 5.50. The molecule has 0 aliphatic heterocycles. The molecule has 0 amide bonds. The van der Waals surface area contributed by atoms with Gasteiger partial charge in [-0.2, -0.15) is 0 Å². The number of rotatable bonds is 7. The van der Waals surface area contributed by atoms with Crippen molar-refractivity contribution < 1.29 is 0 Å². The zero-order valence-corrected chi connectivity index (χ0v) is 30.5. The molecule has 3 heteroatoms. The monoisotopic (exact) mass is 713 g/mol. The summed E-state index contributed by atoms with van der Waals surface area (Å²) in [5, 5.41) is 3.46. The van der Waals surface area contributed by atoms with Crippen molar-refractivity contribution in [1.29, 1.82) is 0 Å². The van der Waals surface area contributed by atoms with Crippen LogP contribution in [0.15, 0.2) is 212 Å². The molecule has 0 bridgehead atoms. The Kier molecular flexibility index (Phi) is 8.51. The third kappa shape index (κ3) is 6.21. The third-order valence-electron chi connectivity index (χ3n) is 10.5. The van der Waals surface area contributed by atoms with E-state index >= 15 is 0 Å². The Morgan fingerprint density at radius 3 is 1.43 bits per heavy atom. The van der Waals surface area contributed by atoms with Crippen LogP contribution in [0, 0.1) is 0 Å². The zero-order valence-electron chi connectivity index (χ0n) is 30.5. The Labute approximate surface area is 326 Å². The van der Waals surface area contributed by atoms with Gasteiger partial charge >= 0.3 is 0 Å². The van der Waals surface area contributed by atoms with Gasteiger partial charge in [-0.15, -0.1) is 0 Å². The molecule has 0 unspecified atom stereocenters. The SMILES string of the molecule is c1ccc(-c2ccc(-c3nc(-c4ccccc4)cc(-c4cccc(-c5cccc6c5nc(-c5ccccc5)c5cccc(-c7ccccc7)c56)c4)n3)cc2)cc1. The van der Waals surface area contributed by atoms with Crippen LogP contribution < -0.4 is 0 Å². The minimum Gasteiger partial charge on any atom is -0.246 e. The highest BCUT2D eigenvalue weighted by Crippen LogP contribution is 2.41. The van der Waals surface area contributed by atoms with Crippen LogP contribution in [0.2, 0.25) is 0 Å². The number of nitrogens with zero attached hydrogens (tertiary/aromatic N) is 3. The van der Waals surface area contributed by atoms with Crippen LogP contribution >= 0.6 is 0 Å². The fraction of sp³-hybridized carbons (Fsp3) is 0. The van der Waals surface area contributed by atoms with Crippen molar-refractivity contribution in [2.45, 2.75) is 0 Å². The first kappa shape index (κ1) is 33.1. The highest BCUT2D eigenvalue weighted by molar-refractivity contribution is 6.19.